The Labute approximate surface area is 332 Å². The number of anilines is 3. The van der Waals surface area contributed by atoms with Crippen LogP contribution in [-0.2, 0) is 10.8 Å². The van der Waals surface area contributed by atoms with E-state index in [1.165, 1.54) is 106 Å². The Bertz CT molecular complexity index is 2530. The lowest BCUT2D eigenvalue weighted by Crippen LogP contribution is -2.48. The summed E-state index contributed by atoms with van der Waals surface area (Å²) in [6.07, 6.45) is 8.58. The highest BCUT2D eigenvalue weighted by atomic mass is 15.1. The van der Waals surface area contributed by atoms with E-state index < -0.39 is 0 Å². The molecule has 0 saturated heterocycles. The molecule has 0 aromatic heterocycles. The zero-order chi connectivity index (χ0) is 37.4. The molecular weight excluding hydrogens is 675 g/mol. The van der Waals surface area contributed by atoms with Crippen molar-refractivity contribution in [3.63, 3.8) is 0 Å². The van der Waals surface area contributed by atoms with E-state index >= 15 is 0 Å². The average molecular weight is 724 g/mol. The van der Waals surface area contributed by atoms with Crippen LogP contribution in [0.4, 0.5) is 17.1 Å². The van der Waals surface area contributed by atoms with Crippen molar-refractivity contribution in [2.75, 3.05) is 4.90 Å². The van der Waals surface area contributed by atoms with Crippen LogP contribution in [-0.4, -0.2) is 0 Å². The minimum absolute atomic E-state index is 0.0993. The molecule has 4 saturated carbocycles. The molecule has 0 atom stereocenters. The molecule has 7 aromatic rings. The fourth-order valence-corrected chi connectivity index (χ4v) is 11.9. The van der Waals surface area contributed by atoms with Gasteiger partial charge in [0.25, 0.3) is 0 Å². The van der Waals surface area contributed by atoms with Crippen LogP contribution >= 0.6 is 0 Å². The molecule has 5 aliphatic rings. The molecule has 7 aromatic carbocycles. The lowest BCUT2D eigenvalue weighted by molar-refractivity contribution is -0.00518. The van der Waals surface area contributed by atoms with Crippen molar-refractivity contribution in [2.24, 2.45) is 17.8 Å². The smallest absolute Gasteiger partial charge is 0.0540 e. The summed E-state index contributed by atoms with van der Waals surface area (Å²) in [4.78, 5) is 2.51. The van der Waals surface area contributed by atoms with Gasteiger partial charge < -0.3 is 4.90 Å². The summed E-state index contributed by atoms with van der Waals surface area (Å²) in [7, 11) is 0. The van der Waals surface area contributed by atoms with E-state index in [0.717, 1.165) is 23.4 Å². The van der Waals surface area contributed by atoms with Crippen LogP contribution in [0.15, 0.2) is 170 Å². The standard InChI is InChI=1S/C55H49N/c1-54(2)51-16-10-9-15-48(51)49-27-26-47(33-52(49)54)56(46-24-19-42(20-25-46)40-11-5-3-6-12-40)53-28-21-44(41-13-7-4-8-14-41)32-50(53)43-17-22-45(23-18-43)55-34-37-29-38(35-55)31-39(30-37)36-55/h3-28,32-33,37-39H,29-31,34-36H2,1-2H3. The third-order valence-electron chi connectivity index (χ3n) is 14.2. The number of hydrogen-bond acceptors (Lipinski definition) is 1. The quantitative estimate of drug-likeness (QED) is 0.158. The van der Waals surface area contributed by atoms with Gasteiger partial charge in [0.05, 0.1) is 5.69 Å². The van der Waals surface area contributed by atoms with E-state index in [1.54, 1.807) is 5.56 Å². The molecule has 4 bridgehead atoms. The predicted molar refractivity (Wildman–Crippen MR) is 235 cm³/mol. The largest absolute Gasteiger partial charge is 0.310 e. The summed E-state index contributed by atoms with van der Waals surface area (Å²) in [6.45, 7) is 4.76. The van der Waals surface area contributed by atoms with Crippen LogP contribution in [0.3, 0.4) is 0 Å². The van der Waals surface area contributed by atoms with E-state index in [-0.39, 0.29) is 5.41 Å². The second kappa shape index (κ2) is 13.0. The van der Waals surface area contributed by atoms with E-state index in [4.69, 9.17) is 0 Å². The summed E-state index contributed by atoms with van der Waals surface area (Å²) in [5.74, 6) is 2.80. The van der Waals surface area contributed by atoms with Gasteiger partial charge in [-0.15, -0.1) is 0 Å². The van der Waals surface area contributed by atoms with E-state index in [2.05, 4.69) is 189 Å². The topological polar surface area (TPSA) is 3.24 Å². The SMILES string of the molecule is CC1(C)c2ccccc2-c2ccc(N(c3ccc(-c4ccccc4)cc3)c3ccc(-c4ccccc4)cc3-c3ccc(C45CC6CC(CC(C6)C4)C5)cc3)cc21. The summed E-state index contributed by atoms with van der Waals surface area (Å²) in [5, 5.41) is 0. The van der Waals surface area contributed by atoms with Crippen LogP contribution in [0, 0.1) is 17.8 Å². The number of rotatable bonds is 7. The van der Waals surface area contributed by atoms with Crippen LogP contribution in [0.25, 0.3) is 44.5 Å². The Balaban J connectivity index is 1.08. The van der Waals surface area contributed by atoms with Gasteiger partial charge in [-0.25, -0.2) is 0 Å². The Kier molecular flexibility index (Phi) is 7.79. The van der Waals surface area contributed by atoms with Gasteiger partial charge in [-0.05, 0) is 154 Å². The average Bonchev–Trinajstić information content (AvgIpc) is 3.47. The van der Waals surface area contributed by atoms with Crippen molar-refractivity contribution in [3.05, 3.63) is 187 Å². The Hall–Kier alpha value is -5.66. The summed E-state index contributed by atoms with van der Waals surface area (Å²) in [6, 6.07) is 63.9. The lowest BCUT2D eigenvalue weighted by atomic mass is 9.48. The lowest BCUT2D eigenvalue weighted by Gasteiger charge is -2.57. The van der Waals surface area contributed by atoms with Gasteiger partial charge in [0.2, 0.25) is 0 Å². The maximum absolute atomic E-state index is 2.51. The molecule has 1 nitrogen and oxygen atoms in total. The molecule has 12 rings (SSSR count). The molecule has 0 unspecified atom stereocenters. The van der Waals surface area contributed by atoms with Crippen LogP contribution in [0.1, 0.15) is 69.1 Å². The zero-order valence-electron chi connectivity index (χ0n) is 32.6. The highest BCUT2D eigenvalue weighted by molar-refractivity contribution is 5.92. The fraction of sp³-hybridized carbons (Fsp3) is 0.236. The van der Waals surface area contributed by atoms with Crippen molar-refractivity contribution in [1.82, 2.24) is 0 Å². The summed E-state index contributed by atoms with van der Waals surface area (Å²) in [5.41, 5.74) is 18.3. The van der Waals surface area contributed by atoms with Crippen molar-refractivity contribution < 1.29 is 0 Å². The molecule has 0 radical (unpaired) electrons. The van der Waals surface area contributed by atoms with E-state index in [9.17, 15) is 0 Å². The normalized spacial score (nSPS) is 22.4. The van der Waals surface area contributed by atoms with Gasteiger partial charge in [0.15, 0.2) is 0 Å². The Morgan fingerprint density at radius 3 is 1.59 bits per heavy atom. The van der Waals surface area contributed by atoms with Gasteiger partial charge >= 0.3 is 0 Å². The number of fused-ring (bicyclic) bond motifs is 3. The Morgan fingerprint density at radius 1 is 0.411 bits per heavy atom. The third kappa shape index (κ3) is 5.50. The first-order valence-corrected chi connectivity index (χ1v) is 20.9. The molecule has 0 N–H and O–H groups in total. The third-order valence-corrected chi connectivity index (χ3v) is 14.2. The molecule has 0 heterocycles. The molecule has 1 heteroatoms. The highest BCUT2D eigenvalue weighted by Crippen LogP contribution is 2.61. The second-order valence-corrected chi connectivity index (χ2v) is 18.0. The molecule has 0 spiro atoms. The first-order valence-electron chi connectivity index (χ1n) is 20.9. The van der Waals surface area contributed by atoms with Gasteiger partial charge in [0.1, 0.15) is 0 Å². The van der Waals surface area contributed by atoms with Gasteiger partial charge in [-0.1, -0.05) is 147 Å². The van der Waals surface area contributed by atoms with Crippen molar-refractivity contribution >= 4 is 17.1 Å². The first-order chi connectivity index (χ1) is 27.4. The van der Waals surface area contributed by atoms with Gasteiger partial charge in [0, 0.05) is 22.4 Å². The van der Waals surface area contributed by atoms with E-state index in [1.807, 2.05) is 0 Å². The predicted octanol–water partition coefficient (Wildman–Crippen LogP) is 14.9. The summed E-state index contributed by atoms with van der Waals surface area (Å²) >= 11 is 0. The molecule has 5 aliphatic carbocycles. The van der Waals surface area contributed by atoms with Crippen LogP contribution in [0.2, 0.25) is 0 Å². The van der Waals surface area contributed by atoms with Crippen LogP contribution in [0.5, 0.6) is 0 Å². The van der Waals surface area contributed by atoms with Crippen LogP contribution < -0.4 is 4.90 Å². The molecule has 56 heavy (non-hydrogen) atoms. The van der Waals surface area contributed by atoms with E-state index in [0.29, 0.717) is 5.41 Å². The van der Waals surface area contributed by atoms with Crippen molar-refractivity contribution in [2.45, 2.75) is 63.2 Å². The van der Waals surface area contributed by atoms with Gasteiger partial charge in [-0.3, -0.25) is 0 Å². The zero-order valence-corrected chi connectivity index (χ0v) is 32.6. The monoisotopic (exact) mass is 723 g/mol. The maximum Gasteiger partial charge on any atom is 0.0540 e. The molecular formula is C55H49N. The molecule has 4 fully saturated rings. The number of benzene rings is 7. The molecule has 274 valence electrons. The minimum atomic E-state index is -0.0993. The van der Waals surface area contributed by atoms with Crippen molar-refractivity contribution in [1.29, 1.82) is 0 Å². The van der Waals surface area contributed by atoms with Crippen molar-refractivity contribution in [3.8, 4) is 44.5 Å². The fourth-order valence-electron chi connectivity index (χ4n) is 11.9. The first kappa shape index (κ1) is 33.7. The number of hydrogen-bond donors (Lipinski definition) is 0. The highest BCUT2D eigenvalue weighted by Gasteiger charge is 2.51. The molecule has 0 aliphatic heterocycles. The molecule has 0 amide bonds. The second-order valence-electron chi connectivity index (χ2n) is 18.0. The number of nitrogens with zero attached hydrogens (tertiary/aromatic N) is 1. The van der Waals surface area contributed by atoms with Gasteiger partial charge in [-0.2, -0.15) is 0 Å². The summed E-state index contributed by atoms with van der Waals surface area (Å²) < 4.78 is 0. The minimum Gasteiger partial charge on any atom is -0.310 e. The Morgan fingerprint density at radius 2 is 0.929 bits per heavy atom. The maximum atomic E-state index is 2.51.